The Morgan fingerprint density at radius 1 is 1.75 bits per heavy atom. The first-order valence-corrected chi connectivity index (χ1v) is 2.98. The number of aliphatic hydroxyl groups excluding tert-OH is 1. The molecule has 48 valence electrons. The second-order valence-electron chi connectivity index (χ2n) is 2.05. The lowest BCUT2D eigenvalue weighted by Crippen LogP contribution is -2.31. The zero-order valence-corrected chi connectivity index (χ0v) is 4.85. The molecule has 0 spiro atoms. The third-order valence-corrected chi connectivity index (χ3v) is 1.44. The number of nitrogens with one attached hydrogen (secondary N) is 2. The Morgan fingerprint density at radius 3 is 3.12 bits per heavy atom. The lowest BCUT2D eigenvalue weighted by Gasteiger charge is -2.05. The van der Waals surface area contributed by atoms with E-state index in [9.17, 15) is 0 Å². The van der Waals surface area contributed by atoms with Gasteiger partial charge in [0, 0.05) is 12.6 Å². The maximum absolute atomic E-state index is 8.39. The summed E-state index contributed by atoms with van der Waals surface area (Å²) in [6, 6.07) is 0.500. The van der Waals surface area contributed by atoms with E-state index in [1.54, 1.807) is 0 Å². The van der Waals surface area contributed by atoms with E-state index in [0.29, 0.717) is 6.04 Å². The standard InChI is InChI=1S/C5H12N2O/c8-4-7-5-1-2-6-3-5/h5-8H,1-4H2. The monoisotopic (exact) mass is 116 g/mol. The van der Waals surface area contributed by atoms with Crippen LogP contribution in [0.1, 0.15) is 6.42 Å². The van der Waals surface area contributed by atoms with E-state index in [0.717, 1.165) is 19.5 Å². The molecule has 1 fully saturated rings. The second-order valence-corrected chi connectivity index (χ2v) is 2.05. The van der Waals surface area contributed by atoms with Crippen LogP contribution in [0.5, 0.6) is 0 Å². The van der Waals surface area contributed by atoms with Crippen LogP contribution in [-0.2, 0) is 0 Å². The smallest absolute Gasteiger partial charge is 0.0934 e. The van der Waals surface area contributed by atoms with Gasteiger partial charge in [-0.3, -0.25) is 5.32 Å². The van der Waals surface area contributed by atoms with Crippen LogP contribution in [0.2, 0.25) is 0 Å². The van der Waals surface area contributed by atoms with E-state index < -0.39 is 0 Å². The summed E-state index contributed by atoms with van der Waals surface area (Å²) in [5.41, 5.74) is 0. The SMILES string of the molecule is OCNC1CCNC1. The molecule has 0 saturated carbocycles. The topological polar surface area (TPSA) is 44.3 Å². The van der Waals surface area contributed by atoms with Crippen molar-refractivity contribution < 1.29 is 5.11 Å². The van der Waals surface area contributed by atoms with E-state index in [4.69, 9.17) is 5.11 Å². The van der Waals surface area contributed by atoms with Crippen LogP contribution in [0.25, 0.3) is 0 Å². The van der Waals surface area contributed by atoms with Crippen LogP contribution >= 0.6 is 0 Å². The fraction of sp³-hybridized carbons (Fsp3) is 1.00. The van der Waals surface area contributed by atoms with Gasteiger partial charge in [-0.15, -0.1) is 0 Å². The molecular weight excluding hydrogens is 104 g/mol. The molecule has 3 nitrogen and oxygen atoms in total. The molecule has 1 rings (SSSR count). The Balaban J connectivity index is 2.06. The third kappa shape index (κ3) is 1.43. The summed E-state index contributed by atoms with van der Waals surface area (Å²) in [6.45, 7) is 2.19. The molecule has 3 heteroatoms. The van der Waals surface area contributed by atoms with Gasteiger partial charge in [0.15, 0.2) is 0 Å². The maximum Gasteiger partial charge on any atom is 0.0934 e. The van der Waals surface area contributed by atoms with Crippen molar-refractivity contribution in [3.05, 3.63) is 0 Å². The summed E-state index contributed by atoms with van der Waals surface area (Å²) in [5.74, 6) is 0. The van der Waals surface area contributed by atoms with Crippen molar-refractivity contribution in [3.63, 3.8) is 0 Å². The van der Waals surface area contributed by atoms with E-state index in [1.807, 2.05) is 0 Å². The Hall–Kier alpha value is -0.120. The summed E-state index contributed by atoms with van der Waals surface area (Å²) in [5, 5.41) is 14.5. The largest absolute Gasteiger partial charge is 0.381 e. The maximum atomic E-state index is 8.39. The highest BCUT2D eigenvalue weighted by Crippen LogP contribution is 1.94. The van der Waals surface area contributed by atoms with Crippen molar-refractivity contribution in [1.82, 2.24) is 10.6 Å². The predicted octanol–water partition coefficient (Wildman–Crippen LogP) is -1.11. The van der Waals surface area contributed by atoms with E-state index >= 15 is 0 Å². The van der Waals surface area contributed by atoms with Crippen LogP contribution in [0.3, 0.4) is 0 Å². The summed E-state index contributed by atoms with van der Waals surface area (Å²) < 4.78 is 0. The van der Waals surface area contributed by atoms with Crippen molar-refractivity contribution >= 4 is 0 Å². The normalized spacial score (nSPS) is 28.9. The Bertz CT molecular complexity index is 61.4. The van der Waals surface area contributed by atoms with Crippen LogP contribution < -0.4 is 10.6 Å². The predicted molar refractivity (Wildman–Crippen MR) is 31.5 cm³/mol. The van der Waals surface area contributed by atoms with Gasteiger partial charge in [0.05, 0.1) is 6.73 Å². The summed E-state index contributed by atoms with van der Waals surface area (Å²) in [7, 11) is 0. The minimum atomic E-state index is 0.104. The molecule has 0 aromatic carbocycles. The molecule has 1 unspecified atom stereocenters. The number of hydrogen-bond donors (Lipinski definition) is 3. The van der Waals surface area contributed by atoms with Crippen molar-refractivity contribution in [2.75, 3.05) is 19.8 Å². The molecule has 3 N–H and O–H groups in total. The van der Waals surface area contributed by atoms with Gasteiger partial charge in [-0.2, -0.15) is 0 Å². The zero-order valence-electron chi connectivity index (χ0n) is 4.85. The fourth-order valence-corrected chi connectivity index (χ4v) is 0.958. The average molecular weight is 116 g/mol. The summed E-state index contributed by atoms with van der Waals surface area (Å²) >= 11 is 0. The molecule has 0 radical (unpaired) electrons. The van der Waals surface area contributed by atoms with E-state index in [-0.39, 0.29) is 6.73 Å². The third-order valence-electron chi connectivity index (χ3n) is 1.44. The van der Waals surface area contributed by atoms with Crippen molar-refractivity contribution in [1.29, 1.82) is 0 Å². The van der Waals surface area contributed by atoms with Gasteiger partial charge < -0.3 is 10.4 Å². The molecule has 1 aliphatic heterocycles. The Kier molecular flexibility index (Phi) is 2.27. The minimum absolute atomic E-state index is 0.104. The van der Waals surface area contributed by atoms with Gasteiger partial charge in [-0.25, -0.2) is 0 Å². The molecule has 1 saturated heterocycles. The molecule has 1 heterocycles. The molecule has 8 heavy (non-hydrogen) atoms. The quantitative estimate of drug-likeness (QED) is 0.401. The van der Waals surface area contributed by atoms with Crippen molar-refractivity contribution in [2.45, 2.75) is 12.5 Å². The van der Waals surface area contributed by atoms with Gasteiger partial charge in [-0.1, -0.05) is 0 Å². The highest BCUT2D eigenvalue weighted by atomic mass is 16.3. The molecule has 0 aromatic heterocycles. The first-order valence-electron chi connectivity index (χ1n) is 2.98. The second kappa shape index (κ2) is 3.02. The molecule has 0 amide bonds. The summed E-state index contributed by atoms with van der Waals surface area (Å²) in [4.78, 5) is 0. The minimum Gasteiger partial charge on any atom is -0.381 e. The first kappa shape index (κ1) is 6.01. The molecule has 0 aliphatic carbocycles. The number of hydrogen-bond acceptors (Lipinski definition) is 3. The highest BCUT2D eigenvalue weighted by molar-refractivity contribution is 4.75. The Labute approximate surface area is 49.1 Å². The molecule has 1 atom stereocenters. The molecule has 1 aliphatic rings. The van der Waals surface area contributed by atoms with Gasteiger partial charge in [-0.05, 0) is 13.0 Å². The van der Waals surface area contributed by atoms with Crippen molar-refractivity contribution in [3.8, 4) is 0 Å². The fourth-order valence-electron chi connectivity index (χ4n) is 0.958. The van der Waals surface area contributed by atoms with Crippen LogP contribution in [0.4, 0.5) is 0 Å². The van der Waals surface area contributed by atoms with Crippen LogP contribution in [-0.4, -0.2) is 31.0 Å². The molecular formula is C5H12N2O. The Morgan fingerprint density at radius 2 is 2.62 bits per heavy atom. The number of rotatable bonds is 2. The molecule has 0 bridgehead atoms. The van der Waals surface area contributed by atoms with E-state index in [2.05, 4.69) is 10.6 Å². The van der Waals surface area contributed by atoms with Gasteiger partial charge >= 0.3 is 0 Å². The van der Waals surface area contributed by atoms with E-state index in [1.165, 1.54) is 0 Å². The number of aliphatic hydroxyl groups is 1. The van der Waals surface area contributed by atoms with Gasteiger partial charge in [0.25, 0.3) is 0 Å². The highest BCUT2D eigenvalue weighted by Gasteiger charge is 2.11. The molecule has 0 aromatic rings. The van der Waals surface area contributed by atoms with Crippen LogP contribution in [0.15, 0.2) is 0 Å². The van der Waals surface area contributed by atoms with Crippen LogP contribution in [0, 0.1) is 0 Å². The lowest BCUT2D eigenvalue weighted by atomic mass is 10.3. The lowest BCUT2D eigenvalue weighted by molar-refractivity contribution is 0.244. The van der Waals surface area contributed by atoms with Gasteiger partial charge in [0.1, 0.15) is 0 Å². The van der Waals surface area contributed by atoms with Gasteiger partial charge in [0.2, 0.25) is 0 Å². The average Bonchev–Trinajstić information content (AvgIpc) is 2.19. The summed E-state index contributed by atoms with van der Waals surface area (Å²) in [6.07, 6.45) is 1.14. The van der Waals surface area contributed by atoms with Crippen molar-refractivity contribution in [2.24, 2.45) is 0 Å². The first-order chi connectivity index (χ1) is 3.93. The zero-order chi connectivity index (χ0) is 5.82.